The van der Waals surface area contributed by atoms with Crippen LogP contribution in [0.2, 0.25) is 0 Å². The van der Waals surface area contributed by atoms with Crippen LogP contribution in [0.1, 0.15) is 129 Å². The van der Waals surface area contributed by atoms with Gasteiger partial charge in [0.25, 0.3) is 10.1 Å². The molecule has 3 aliphatic heterocycles. The highest BCUT2D eigenvalue weighted by Gasteiger charge is 2.46. The maximum atomic E-state index is 13.7. The fourth-order valence-corrected chi connectivity index (χ4v) is 17.6. The number of hydrogen-bond acceptors (Lipinski definition) is 24. The van der Waals surface area contributed by atoms with Gasteiger partial charge in [-0.3, -0.25) is 28.3 Å². The molecular formula is C61H83N11O22P3S4+. The molecule has 2 aromatic carbocycles. The summed E-state index contributed by atoms with van der Waals surface area (Å²) in [7, 11) is -18.9. The van der Waals surface area contributed by atoms with Crippen molar-refractivity contribution in [2.75, 3.05) is 54.9 Å². The molecule has 5 heterocycles. The van der Waals surface area contributed by atoms with Gasteiger partial charge in [-0.15, -0.1) is 4.33 Å². The number of nitrogen functional groups attached to an aromatic ring is 1. The summed E-state index contributed by atoms with van der Waals surface area (Å²) in [6.45, 7) is 12.3. The molecule has 0 aliphatic carbocycles. The van der Waals surface area contributed by atoms with E-state index >= 15 is 0 Å². The predicted molar refractivity (Wildman–Crippen MR) is 378 cm³/mol. The Morgan fingerprint density at radius 3 is 2.37 bits per heavy atom. The standard InChI is InChI=1S/C61H82N11O22P3S4/c1-7-70-46-25-23-41(100-92-91-78)32-43(46)60(3,4)50(70)19-11-8-12-20-51-61(5,6)44-33-42(101(86,87)88)24-26-47(44)71(51)30-16-10-14-22-54(76)69-45(59(77)65-28-15-9-13-21-53(75)68-39(2)62)37-99-98-31-27-52(74)64-29-17-18-40-35-72(58-56(40)57(63)66-38-67-58)55-34-48(73)49(90-55)36-89-96(82,83)94-97(84,85)93-95(79,80)81/h8,11-12,19-20,23-26,32-33,35,38,45,48-49,55,73H,7,9-10,13-16,21-22,27-31,34,36-37H2,1-6H3,(H12-,62,63,64,65,66,67,68,69,74,75,76,77,78,79,80,81,82,83,84,85,86,87,88)/p+1. The number of aliphatic imine (C=N–C) groups is 1. The van der Waals surface area contributed by atoms with Gasteiger partial charge in [-0.2, -0.15) is 21.6 Å². The molecule has 4 aromatic rings. The van der Waals surface area contributed by atoms with Crippen molar-refractivity contribution in [1.82, 2.24) is 30.5 Å². The van der Waals surface area contributed by atoms with Crippen molar-refractivity contribution in [3.63, 3.8) is 0 Å². The van der Waals surface area contributed by atoms with Crippen molar-refractivity contribution < 1.29 is 108 Å². The summed E-state index contributed by atoms with van der Waals surface area (Å²) in [5, 5.41) is 32.0. The number of carbonyl (C=O) groups excluding carboxylic acids is 4. The number of amides is 4. The first-order valence-corrected chi connectivity index (χ1v) is 40.8. The Morgan fingerprint density at radius 1 is 0.911 bits per heavy atom. The number of fused-ring (bicyclic) bond motifs is 3. The molecule has 2 aromatic heterocycles. The number of nitrogens with one attached hydrogen (secondary N) is 3. The number of anilines is 2. The highest BCUT2D eigenvalue weighted by Crippen LogP contribution is 2.66. The third-order valence-electron chi connectivity index (χ3n) is 16.1. The van der Waals surface area contributed by atoms with Crippen molar-refractivity contribution in [2.24, 2.45) is 10.7 Å². The van der Waals surface area contributed by atoms with Crippen LogP contribution in [-0.4, -0.2) is 160 Å². The highest BCUT2D eigenvalue weighted by molar-refractivity contribution is 8.76. The Kier molecular flexibility index (Phi) is 29.7. The number of unbranched alkanes of at least 4 members (excludes halogenated alkanes) is 4. The van der Waals surface area contributed by atoms with E-state index in [2.05, 4.69) is 102 Å². The SMILES string of the molecule is CCN1C(=CC=CC=CC2=[N+](CCCCCC(=O)NC(CSSCCC(=O)NCC#Cc3cn(C4CC(O)C(COP(=O)(O)OP(=O)(O)OP(=O)(O)O)O4)c4ncnc(N)c34)C(=O)NCCCCCC(=O)N=C(C)N)c3ccc(S(=O)(=O)O)cc3C2(C)C)C(C)(C)c2cc(SOOO)ccc21. The molecule has 40 heteroatoms. The van der Waals surface area contributed by atoms with Crippen LogP contribution in [0.25, 0.3) is 11.0 Å². The minimum absolute atomic E-state index is 0.0252. The van der Waals surface area contributed by atoms with E-state index in [0.717, 1.165) is 45.3 Å². The zero-order chi connectivity index (χ0) is 74.1. The second kappa shape index (κ2) is 36.5. The average Bonchev–Trinajstić information content (AvgIpc) is 1.61. The van der Waals surface area contributed by atoms with E-state index in [0.29, 0.717) is 73.9 Å². The second-order valence-corrected chi connectivity index (χ2v) is 33.5. The van der Waals surface area contributed by atoms with Crippen molar-refractivity contribution in [3.05, 3.63) is 102 Å². The van der Waals surface area contributed by atoms with Crippen LogP contribution in [-0.2, 0) is 81.1 Å². The van der Waals surface area contributed by atoms with Gasteiger partial charge in [0.05, 0.1) is 58.4 Å². The van der Waals surface area contributed by atoms with Gasteiger partial charge in [-0.25, -0.2) is 33.9 Å². The lowest BCUT2D eigenvalue weighted by Crippen LogP contribution is -2.48. The zero-order valence-electron chi connectivity index (χ0n) is 55.9. The number of aliphatic hydroxyl groups excluding tert-OH is 1. The molecule has 3 aliphatic rings. The molecule has 1 fully saturated rings. The molecule has 1 saturated heterocycles. The molecule has 6 atom stereocenters. The topological polar surface area (TPSA) is 488 Å². The van der Waals surface area contributed by atoms with Crippen molar-refractivity contribution >= 4 is 131 Å². The van der Waals surface area contributed by atoms with Gasteiger partial charge in [0, 0.05) is 102 Å². The quantitative estimate of drug-likeness (QED) is 0.00170. The number of benzene rings is 2. The molecule has 0 radical (unpaired) electrons. The number of hydrogen-bond donors (Lipinski definition) is 12. The highest BCUT2D eigenvalue weighted by atomic mass is 33.1. The third-order valence-corrected chi connectivity index (χ3v) is 23.8. The summed E-state index contributed by atoms with van der Waals surface area (Å²) in [6.07, 6.45) is 12.4. The summed E-state index contributed by atoms with van der Waals surface area (Å²) in [4.78, 5) is 104. The number of phosphoric ester groups is 1. The van der Waals surface area contributed by atoms with Crippen LogP contribution in [0.3, 0.4) is 0 Å². The first-order chi connectivity index (χ1) is 47.5. The molecular weight excluding hydrogens is 1460 g/mol. The number of rotatable bonds is 37. The van der Waals surface area contributed by atoms with Crippen molar-refractivity contribution in [1.29, 1.82) is 0 Å². The summed E-state index contributed by atoms with van der Waals surface area (Å²) in [5.74, 6) is 4.98. The predicted octanol–water partition coefficient (Wildman–Crippen LogP) is 7.44. The second-order valence-electron chi connectivity index (χ2n) is 24.2. The Balaban J connectivity index is 0.925. The summed E-state index contributed by atoms with van der Waals surface area (Å²) in [6, 6.07) is 9.50. The molecule has 101 heavy (non-hydrogen) atoms. The smallest absolute Gasteiger partial charge is 0.390 e. The molecule has 552 valence electrons. The molecule has 4 amide bonds. The first kappa shape index (κ1) is 82.1. The van der Waals surface area contributed by atoms with Gasteiger partial charge in [0.2, 0.25) is 29.3 Å². The molecule has 6 unspecified atom stereocenters. The number of amidine groups is 1. The number of allylic oxidation sites excluding steroid dienone is 6. The van der Waals surface area contributed by atoms with Crippen LogP contribution in [0, 0.1) is 11.8 Å². The van der Waals surface area contributed by atoms with E-state index in [-0.39, 0.29) is 89.9 Å². The summed E-state index contributed by atoms with van der Waals surface area (Å²) < 4.78 is 96.0. The number of aliphatic hydroxyl groups is 1. The van der Waals surface area contributed by atoms with E-state index in [1.54, 1.807) is 6.07 Å². The minimum atomic E-state index is -5.80. The molecule has 0 bridgehead atoms. The maximum absolute atomic E-state index is 13.7. The van der Waals surface area contributed by atoms with Crippen LogP contribution in [0.4, 0.5) is 17.2 Å². The fourth-order valence-electron chi connectivity index (χ4n) is 11.5. The molecule has 0 spiro atoms. The lowest BCUT2D eigenvalue weighted by Gasteiger charge is -2.25. The summed E-state index contributed by atoms with van der Waals surface area (Å²) in [5.41, 5.74) is 16.7. The minimum Gasteiger partial charge on any atom is -0.390 e. The van der Waals surface area contributed by atoms with E-state index in [1.807, 2.05) is 56.4 Å². The number of likely N-dealkylation sites (N-methyl/N-ethyl adjacent to an activating group) is 1. The van der Waals surface area contributed by atoms with Crippen LogP contribution < -0.4 is 32.3 Å². The average molecular weight is 1540 g/mol. The number of aromatic nitrogens is 3. The Labute approximate surface area is 595 Å². The lowest BCUT2D eigenvalue weighted by molar-refractivity contribution is -0.438. The maximum Gasteiger partial charge on any atom is 0.490 e. The number of ether oxygens (including phenoxy) is 1. The van der Waals surface area contributed by atoms with E-state index in [9.17, 15) is 60.7 Å². The van der Waals surface area contributed by atoms with Crippen LogP contribution in [0.15, 0.2) is 99.8 Å². The van der Waals surface area contributed by atoms with E-state index in [4.69, 9.17) is 31.2 Å². The van der Waals surface area contributed by atoms with Crippen LogP contribution >= 0.6 is 57.1 Å². The summed E-state index contributed by atoms with van der Waals surface area (Å²) >= 11 is 0.896. The van der Waals surface area contributed by atoms with Gasteiger partial charge >= 0.3 is 23.5 Å². The van der Waals surface area contributed by atoms with Gasteiger partial charge in [-0.1, -0.05) is 77.0 Å². The third kappa shape index (κ3) is 23.4. The Bertz CT molecular complexity index is 4190. The largest absolute Gasteiger partial charge is 0.490 e. The molecule has 33 nitrogen and oxygen atoms in total. The zero-order valence-corrected chi connectivity index (χ0v) is 61.9. The van der Waals surface area contributed by atoms with Crippen LogP contribution in [0.5, 0.6) is 0 Å². The van der Waals surface area contributed by atoms with Crippen molar-refractivity contribution in [3.8, 4) is 11.8 Å². The Morgan fingerprint density at radius 2 is 1.65 bits per heavy atom. The monoisotopic (exact) mass is 1540 g/mol. The van der Waals surface area contributed by atoms with Gasteiger partial charge in [0.15, 0.2) is 5.71 Å². The molecule has 0 saturated carbocycles. The number of nitrogens with two attached hydrogens (primary N) is 2. The van der Waals surface area contributed by atoms with E-state index in [1.165, 1.54) is 57.7 Å². The molecule has 7 rings (SSSR count). The fraction of sp³-hybridized carbons (Fsp3) is 0.475. The number of carbonyl (C=O) groups is 4. The van der Waals surface area contributed by atoms with Crippen molar-refractivity contribution in [2.45, 2.75) is 151 Å². The molecule has 14 N–H and O–H groups in total. The van der Waals surface area contributed by atoms with Gasteiger partial charge in [-0.05, 0) is 95.3 Å². The van der Waals surface area contributed by atoms with E-state index < -0.39 is 76.0 Å². The number of phosphoric acid groups is 3. The normalized spacial score (nSPS) is 19.3. The number of nitrogens with zero attached hydrogens (tertiary/aromatic N) is 6. The lowest BCUT2D eigenvalue weighted by atomic mass is 9.81. The first-order valence-electron chi connectivity index (χ1n) is 31.6. The Hall–Kier alpha value is -6.17. The van der Waals surface area contributed by atoms with Gasteiger partial charge < -0.3 is 66.3 Å². The van der Waals surface area contributed by atoms with Gasteiger partial charge in [0.1, 0.15) is 42.7 Å².